The van der Waals surface area contributed by atoms with E-state index >= 15 is 0 Å². The molecule has 0 saturated heterocycles. The van der Waals surface area contributed by atoms with Crippen molar-refractivity contribution in [1.29, 1.82) is 0 Å². The Kier molecular flexibility index (Phi) is 5.90. The lowest BCUT2D eigenvalue weighted by Gasteiger charge is -2.10. The van der Waals surface area contributed by atoms with Gasteiger partial charge in [0.1, 0.15) is 0 Å². The summed E-state index contributed by atoms with van der Waals surface area (Å²) in [7, 11) is 0. The zero-order valence-corrected chi connectivity index (χ0v) is 18.2. The fraction of sp³-hybridized carbons (Fsp3) is 0.111. The SMILES string of the molecule is Cc1ccc(/C=N/n2cc(C(=O)c3ccc(C)cc3)c(-c3ccc(C)cc3)nc2=O)cc1. The van der Waals surface area contributed by atoms with E-state index in [0.717, 1.165) is 26.9 Å². The van der Waals surface area contributed by atoms with Crippen molar-refractivity contribution in [2.75, 3.05) is 0 Å². The van der Waals surface area contributed by atoms with Gasteiger partial charge in [0, 0.05) is 17.3 Å². The highest BCUT2D eigenvalue weighted by atomic mass is 16.2. The van der Waals surface area contributed by atoms with E-state index in [2.05, 4.69) is 10.1 Å². The highest BCUT2D eigenvalue weighted by Crippen LogP contribution is 2.23. The Morgan fingerprint density at radius 2 is 1.34 bits per heavy atom. The summed E-state index contributed by atoms with van der Waals surface area (Å²) in [6, 6.07) is 22.7. The molecular weight excluding hydrogens is 398 g/mol. The second-order valence-corrected chi connectivity index (χ2v) is 7.85. The van der Waals surface area contributed by atoms with Gasteiger partial charge < -0.3 is 0 Å². The third-order valence-corrected chi connectivity index (χ3v) is 5.20. The molecular formula is C27H23N3O2. The molecule has 0 spiro atoms. The molecule has 1 heterocycles. The number of rotatable bonds is 5. The van der Waals surface area contributed by atoms with Gasteiger partial charge in [0.25, 0.3) is 0 Å². The van der Waals surface area contributed by atoms with Crippen molar-refractivity contribution in [1.82, 2.24) is 9.66 Å². The molecule has 0 aliphatic rings. The lowest BCUT2D eigenvalue weighted by Crippen LogP contribution is -2.23. The number of aryl methyl sites for hydroxylation is 3. The van der Waals surface area contributed by atoms with E-state index in [9.17, 15) is 9.59 Å². The second kappa shape index (κ2) is 8.94. The molecule has 5 heteroatoms. The third-order valence-electron chi connectivity index (χ3n) is 5.20. The first-order chi connectivity index (χ1) is 15.4. The topological polar surface area (TPSA) is 64.3 Å². The maximum absolute atomic E-state index is 13.4. The minimum Gasteiger partial charge on any atom is -0.288 e. The maximum Gasteiger partial charge on any atom is 0.368 e. The molecule has 1 aromatic heterocycles. The largest absolute Gasteiger partial charge is 0.368 e. The monoisotopic (exact) mass is 421 g/mol. The van der Waals surface area contributed by atoms with Crippen LogP contribution in [0.2, 0.25) is 0 Å². The Morgan fingerprint density at radius 1 is 0.812 bits per heavy atom. The minimum absolute atomic E-state index is 0.215. The number of benzene rings is 3. The number of carbonyl (C=O) groups excluding carboxylic acids is 1. The Hall–Kier alpha value is -4.12. The maximum atomic E-state index is 13.4. The third kappa shape index (κ3) is 4.62. The molecule has 0 saturated carbocycles. The normalized spacial score (nSPS) is 11.1. The summed E-state index contributed by atoms with van der Waals surface area (Å²) in [5, 5.41) is 4.27. The van der Waals surface area contributed by atoms with E-state index in [1.165, 1.54) is 6.20 Å². The fourth-order valence-electron chi connectivity index (χ4n) is 3.27. The van der Waals surface area contributed by atoms with Crippen LogP contribution in [0.15, 0.2) is 88.9 Å². The Balaban J connectivity index is 1.83. The van der Waals surface area contributed by atoms with Crippen molar-refractivity contribution < 1.29 is 4.79 Å². The summed E-state index contributed by atoms with van der Waals surface area (Å²) in [6.07, 6.45) is 3.05. The second-order valence-electron chi connectivity index (χ2n) is 7.85. The van der Waals surface area contributed by atoms with Crippen LogP contribution in [0, 0.1) is 20.8 Å². The van der Waals surface area contributed by atoms with Gasteiger partial charge >= 0.3 is 5.69 Å². The van der Waals surface area contributed by atoms with Crippen LogP contribution in [-0.2, 0) is 0 Å². The van der Waals surface area contributed by atoms with Gasteiger partial charge in [-0.15, -0.1) is 0 Å². The molecule has 0 bridgehead atoms. The van der Waals surface area contributed by atoms with Crippen molar-refractivity contribution in [2.24, 2.45) is 5.10 Å². The summed E-state index contributed by atoms with van der Waals surface area (Å²) in [5.74, 6) is -0.215. The molecule has 158 valence electrons. The molecule has 4 rings (SSSR count). The summed E-state index contributed by atoms with van der Waals surface area (Å²) in [6.45, 7) is 5.95. The van der Waals surface area contributed by atoms with E-state index in [1.807, 2.05) is 81.4 Å². The van der Waals surface area contributed by atoms with E-state index in [-0.39, 0.29) is 5.78 Å². The lowest BCUT2D eigenvalue weighted by atomic mass is 9.98. The van der Waals surface area contributed by atoms with Crippen molar-refractivity contribution in [2.45, 2.75) is 20.8 Å². The molecule has 0 aliphatic carbocycles. The first kappa shape index (κ1) is 21.1. The molecule has 0 radical (unpaired) electrons. The number of hydrogen-bond acceptors (Lipinski definition) is 4. The van der Waals surface area contributed by atoms with Crippen molar-refractivity contribution >= 4 is 12.0 Å². The molecule has 0 N–H and O–H groups in total. The van der Waals surface area contributed by atoms with Gasteiger partial charge in [0.05, 0.1) is 17.5 Å². The van der Waals surface area contributed by atoms with Crippen LogP contribution in [0.25, 0.3) is 11.3 Å². The number of aromatic nitrogens is 2. The molecule has 0 atom stereocenters. The molecule has 3 aromatic carbocycles. The predicted octanol–water partition coefficient (Wildman–Crippen LogP) is 4.95. The summed E-state index contributed by atoms with van der Waals surface area (Å²) in [5.41, 5.74) is 5.47. The van der Waals surface area contributed by atoms with E-state index < -0.39 is 5.69 Å². The number of hydrogen-bond donors (Lipinski definition) is 0. The Labute approximate surface area is 186 Å². The molecule has 0 unspecified atom stereocenters. The van der Waals surface area contributed by atoms with Gasteiger partial charge in [0.2, 0.25) is 0 Å². The number of nitrogens with zero attached hydrogens (tertiary/aromatic N) is 3. The number of carbonyl (C=O) groups is 1. The van der Waals surface area contributed by atoms with Crippen LogP contribution in [-0.4, -0.2) is 21.7 Å². The minimum atomic E-state index is -0.551. The molecule has 5 nitrogen and oxygen atoms in total. The van der Waals surface area contributed by atoms with Crippen LogP contribution < -0.4 is 5.69 Å². The summed E-state index contributed by atoms with van der Waals surface area (Å²) >= 11 is 0. The van der Waals surface area contributed by atoms with Gasteiger partial charge in [0.15, 0.2) is 5.78 Å². The first-order valence-electron chi connectivity index (χ1n) is 10.3. The van der Waals surface area contributed by atoms with Gasteiger partial charge in [-0.2, -0.15) is 14.8 Å². The quantitative estimate of drug-likeness (QED) is 0.338. The number of ketones is 1. The van der Waals surface area contributed by atoms with Crippen LogP contribution in [0.3, 0.4) is 0 Å². The average Bonchev–Trinajstić information content (AvgIpc) is 2.80. The van der Waals surface area contributed by atoms with Crippen LogP contribution in [0.4, 0.5) is 0 Å². The van der Waals surface area contributed by atoms with Crippen LogP contribution >= 0.6 is 0 Å². The molecule has 4 aromatic rings. The van der Waals surface area contributed by atoms with E-state index in [0.29, 0.717) is 22.4 Å². The average molecular weight is 422 g/mol. The lowest BCUT2D eigenvalue weighted by molar-refractivity contribution is 0.103. The predicted molar refractivity (Wildman–Crippen MR) is 127 cm³/mol. The standard InChI is InChI=1S/C27H23N3O2/c1-18-4-10-21(11-5-18)16-28-30-17-24(26(31)23-14-8-20(3)9-15-23)25(29-27(30)32)22-12-6-19(2)7-13-22/h4-17H,1-3H3/b28-16+. The highest BCUT2D eigenvalue weighted by molar-refractivity contribution is 6.12. The molecule has 0 fully saturated rings. The van der Waals surface area contributed by atoms with Crippen LogP contribution in [0.1, 0.15) is 38.2 Å². The molecule has 0 amide bonds. The first-order valence-corrected chi connectivity index (χ1v) is 10.3. The fourth-order valence-corrected chi connectivity index (χ4v) is 3.27. The van der Waals surface area contributed by atoms with Gasteiger partial charge in [-0.1, -0.05) is 89.5 Å². The van der Waals surface area contributed by atoms with E-state index in [4.69, 9.17) is 0 Å². The molecule has 0 aliphatic heterocycles. The summed E-state index contributed by atoms with van der Waals surface area (Å²) in [4.78, 5) is 30.4. The van der Waals surface area contributed by atoms with Crippen LogP contribution in [0.5, 0.6) is 0 Å². The van der Waals surface area contributed by atoms with Gasteiger partial charge in [-0.25, -0.2) is 4.79 Å². The van der Waals surface area contributed by atoms with E-state index in [1.54, 1.807) is 18.3 Å². The zero-order chi connectivity index (χ0) is 22.7. The van der Waals surface area contributed by atoms with Gasteiger partial charge in [-0.05, 0) is 26.3 Å². The summed E-state index contributed by atoms with van der Waals surface area (Å²) < 4.78 is 1.11. The Morgan fingerprint density at radius 3 is 1.94 bits per heavy atom. The van der Waals surface area contributed by atoms with Gasteiger partial charge in [-0.3, -0.25) is 4.79 Å². The molecule has 32 heavy (non-hydrogen) atoms. The van der Waals surface area contributed by atoms with Crippen molar-refractivity contribution in [3.8, 4) is 11.3 Å². The zero-order valence-electron chi connectivity index (χ0n) is 18.2. The van der Waals surface area contributed by atoms with Crippen molar-refractivity contribution in [3.63, 3.8) is 0 Å². The highest BCUT2D eigenvalue weighted by Gasteiger charge is 2.19. The smallest absolute Gasteiger partial charge is 0.288 e. The van der Waals surface area contributed by atoms with Crippen molar-refractivity contribution in [3.05, 3.63) is 123 Å². The Bertz CT molecular complexity index is 1350.